The van der Waals surface area contributed by atoms with Gasteiger partial charge in [-0.05, 0) is 26.1 Å². The first-order valence-electron chi connectivity index (χ1n) is 8.59. The lowest BCUT2D eigenvalue weighted by atomic mass is 10.2. The lowest BCUT2D eigenvalue weighted by Crippen LogP contribution is -2.24. The van der Waals surface area contributed by atoms with Crippen molar-refractivity contribution >= 4 is 9.84 Å². The van der Waals surface area contributed by atoms with Crippen LogP contribution >= 0.6 is 0 Å². The number of benzene rings is 1. The number of sulfone groups is 1. The van der Waals surface area contributed by atoms with E-state index < -0.39 is 9.84 Å². The average molecular weight is 381 g/mol. The van der Waals surface area contributed by atoms with E-state index in [1.807, 2.05) is 14.0 Å². The molecule has 2 heterocycles. The van der Waals surface area contributed by atoms with Gasteiger partial charge in [0.2, 0.25) is 5.89 Å². The van der Waals surface area contributed by atoms with Crippen molar-refractivity contribution in [3.05, 3.63) is 29.9 Å². The number of hydrogen-bond donors (Lipinski definition) is 1. The number of nitrogens with zero attached hydrogens (tertiary/aromatic N) is 2. The number of ether oxygens (including phenoxy) is 2. The first-order chi connectivity index (χ1) is 12.5. The molecule has 1 aromatic carbocycles. The van der Waals surface area contributed by atoms with Crippen molar-refractivity contribution in [1.29, 1.82) is 0 Å². The number of rotatable bonds is 7. The molecule has 0 saturated heterocycles. The summed E-state index contributed by atoms with van der Waals surface area (Å²) in [5.74, 6) is 1.80. The molecular weight excluding hydrogens is 358 g/mol. The van der Waals surface area contributed by atoms with Crippen molar-refractivity contribution in [2.45, 2.75) is 37.1 Å². The SMILES string of the molecule is CNC(C)Cc1noc(CCS(=O)(=O)c2ccc3c(c2)OCCCO3)n1. The Morgan fingerprint density at radius 1 is 1.23 bits per heavy atom. The first kappa shape index (κ1) is 18.7. The molecule has 0 bridgehead atoms. The normalized spacial score (nSPS) is 15.5. The minimum atomic E-state index is -3.50. The molecule has 26 heavy (non-hydrogen) atoms. The van der Waals surface area contributed by atoms with Gasteiger partial charge in [-0.2, -0.15) is 4.98 Å². The third kappa shape index (κ3) is 4.53. The van der Waals surface area contributed by atoms with Gasteiger partial charge in [0.25, 0.3) is 0 Å². The van der Waals surface area contributed by atoms with E-state index in [9.17, 15) is 8.42 Å². The van der Waals surface area contributed by atoms with Crippen LogP contribution in [0.2, 0.25) is 0 Å². The summed E-state index contributed by atoms with van der Waals surface area (Å²) in [6.45, 7) is 3.07. The molecule has 0 radical (unpaired) electrons. The fourth-order valence-electron chi connectivity index (χ4n) is 2.53. The van der Waals surface area contributed by atoms with Gasteiger partial charge in [-0.3, -0.25) is 0 Å². The molecule has 0 saturated carbocycles. The molecule has 1 aliphatic heterocycles. The van der Waals surface area contributed by atoms with E-state index in [1.165, 1.54) is 12.1 Å². The molecule has 3 rings (SSSR count). The molecular formula is C17H23N3O5S. The van der Waals surface area contributed by atoms with E-state index in [4.69, 9.17) is 14.0 Å². The molecule has 1 unspecified atom stereocenters. The lowest BCUT2D eigenvalue weighted by Gasteiger charge is -2.09. The molecule has 0 spiro atoms. The van der Waals surface area contributed by atoms with Crippen molar-refractivity contribution in [2.75, 3.05) is 26.0 Å². The minimum absolute atomic E-state index is 0.115. The third-order valence-electron chi connectivity index (χ3n) is 4.15. The Morgan fingerprint density at radius 3 is 2.77 bits per heavy atom. The standard InChI is InChI=1S/C17H23N3O5S/c1-12(18-2)10-16-19-17(25-20-16)6-9-26(21,22)13-4-5-14-15(11-13)24-8-3-7-23-14/h4-5,11-12,18H,3,6-10H2,1-2H3. The van der Waals surface area contributed by atoms with Gasteiger partial charge in [-0.1, -0.05) is 5.16 Å². The van der Waals surface area contributed by atoms with Crippen LogP contribution < -0.4 is 14.8 Å². The summed E-state index contributed by atoms with van der Waals surface area (Å²) in [5, 5.41) is 6.98. The highest BCUT2D eigenvalue weighted by Gasteiger charge is 2.20. The monoisotopic (exact) mass is 381 g/mol. The fraction of sp³-hybridized carbons (Fsp3) is 0.529. The van der Waals surface area contributed by atoms with Crippen molar-refractivity contribution in [2.24, 2.45) is 0 Å². The zero-order valence-corrected chi connectivity index (χ0v) is 15.7. The second kappa shape index (κ2) is 8.05. The molecule has 0 aliphatic carbocycles. The summed E-state index contributed by atoms with van der Waals surface area (Å²) >= 11 is 0. The van der Waals surface area contributed by atoms with Gasteiger partial charge < -0.3 is 19.3 Å². The predicted molar refractivity (Wildman–Crippen MR) is 94.3 cm³/mol. The van der Waals surface area contributed by atoms with Crippen LogP contribution in [0.1, 0.15) is 25.1 Å². The van der Waals surface area contributed by atoms with Gasteiger partial charge in [0.05, 0.1) is 23.9 Å². The maximum atomic E-state index is 12.6. The van der Waals surface area contributed by atoms with Crippen LogP contribution in [0.15, 0.2) is 27.6 Å². The van der Waals surface area contributed by atoms with Crippen LogP contribution in [0.5, 0.6) is 11.5 Å². The number of fused-ring (bicyclic) bond motifs is 1. The molecule has 0 fully saturated rings. The highest BCUT2D eigenvalue weighted by Crippen LogP contribution is 2.32. The fourth-order valence-corrected chi connectivity index (χ4v) is 3.77. The van der Waals surface area contributed by atoms with Gasteiger partial charge >= 0.3 is 0 Å². The Balaban J connectivity index is 1.67. The van der Waals surface area contributed by atoms with Gasteiger partial charge in [-0.25, -0.2) is 8.42 Å². The molecule has 142 valence electrons. The van der Waals surface area contributed by atoms with E-state index in [-0.39, 0.29) is 23.1 Å². The Bertz CT molecular complexity index is 850. The number of aromatic nitrogens is 2. The highest BCUT2D eigenvalue weighted by atomic mass is 32.2. The van der Waals surface area contributed by atoms with Crippen LogP contribution in [0.4, 0.5) is 0 Å². The maximum Gasteiger partial charge on any atom is 0.227 e. The number of hydrogen-bond acceptors (Lipinski definition) is 8. The summed E-state index contributed by atoms with van der Waals surface area (Å²) in [6, 6.07) is 4.91. The van der Waals surface area contributed by atoms with E-state index >= 15 is 0 Å². The molecule has 9 heteroatoms. The van der Waals surface area contributed by atoms with Crippen molar-refractivity contribution in [1.82, 2.24) is 15.5 Å². The predicted octanol–water partition coefficient (Wildman–Crippen LogP) is 1.40. The topological polar surface area (TPSA) is 104 Å². The summed E-state index contributed by atoms with van der Waals surface area (Å²) in [5.41, 5.74) is 0. The highest BCUT2D eigenvalue weighted by molar-refractivity contribution is 7.91. The number of aryl methyl sites for hydroxylation is 1. The van der Waals surface area contributed by atoms with Crippen LogP contribution in [0, 0.1) is 0 Å². The number of nitrogens with one attached hydrogen (secondary N) is 1. The second-order valence-corrected chi connectivity index (χ2v) is 8.34. The van der Waals surface area contributed by atoms with Crippen LogP contribution in [0.3, 0.4) is 0 Å². The van der Waals surface area contributed by atoms with Crippen molar-refractivity contribution in [3.63, 3.8) is 0 Å². The van der Waals surface area contributed by atoms with Crippen LogP contribution in [0.25, 0.3) is 0 Å². The Hall–Kier alpha value is -2.13. The molecule has 1 N–H and O–H groups in total. The van der Waals surface area contributed by atoms with Crippen LogP contribution in [-0.2, 0) is 22.7 Å². The van der Waals surface area contributed by atoms with Crippen LogP contribution in [-0.4, -0.2) is 50.6 Å². The zero-order valence-electron chi connectivity index (χ0n) is 14.9. The summed E-state index contributed by atoms with van der Waals surface area (Å²) in [4.78, 5) is 4.45. The maximum absolute atomic E-state index is 12.6. The van der Waals surface area contributed by atoms with Crippen molar-refractivity contribution < 1.29 is 22.4 Å². The quantitative estimate of drug-likeness (QED) is 0.768. The van der Waals surface area contributed by atoms with Crippen molar-refractivity contribution in [3.8, 4) is 11.5 Å². The Morgan fingerprint density at radius 2 is 2.00 bits per heavy atom. The first-order valence-corrected chi connectivity index (χ1v) is 10.2. The molecule has 8 nitrogen and oxygen atoms in total. The second-order valence-electron chi connectivity index (χ2n) is 6.23. The van der Waals surface area contributed by atoms with Gasteiger partial charge in [-0.15, -0.1) is 0 Å². The molecule has 2 aromatic rings. The van der Waals surface area contributed by atoms with E-state index in [0.717, 1.165) is 6.42 Å². The molecule has 1 aromatic heterocycles. The third-order valence-corrected chi connectivity index (χ3v) is 5.87. The average Bonchev–Trinajstić information content (AvgIpc) is 2.94. The zero-order chi connectivity index (χ0) is 18.6. The van der Waals surface area contributed by atoms with E-state index in [1.54, 1.807) is 6.07 Å². The molecule has 1 atom stereocenters. The summed E-state index contributed by atoms with van der Waals surface area (Å²) < 4.78 is 41.5. The Labute approximate surface area is 152 Å². The molecule has 0 amide bonds. The minimum Gasteiger partial charge on any atom is -0.490 e. The smallest absolute Gasteiger partial charge is 0.227 e. The summed E-state index contributed by atoms with van der Waals surface area (Å²) in [7, 11) is -1.64. The van der Waals surface area contributed by atoms with Gasteiger partial charge in [0.15, 0.2) is 27.2 Å². The largest absolute Gasteiger partial charge is 0.490 e. The Kier molecular flexibility index (Phi) is 5.77. The lowest BCUT2D eigenvalue weighted by molar-refractivity contribution is 0.297. The van der Waals surface area contributed by atoms with Gasteiger partial charge in [0.1, 0.15) is 0 Å². The van der Waals surface area contributed by atoms with E-state index in [0.29, 0.717) is 42.8 Å². The van der Waals surface area contributed by atoms with Gasteiger partial charge in [0, 0.05) is 31.4 Å². The van der Waals surface area contributed by atoms with E-state index in [2.05, 4.69) is 15.5 Å². The molecule has 1 aliphatic rings. The number of likely N-dealkylation sites (N-methyl/N-ethyl adjacent to an activating group) is 1. The summed E-state index contributed by atoms with van der Waals surface area (Å²) in [6.07, 6.45) is 1.55.